The van der Waals surface area contributed by atoms with E-state index in [1.54, 1.807) is 43.8 Å². The number of piperidine rings is 1. The molecule has 1 atom stereocenters. The van der Waals surface area contributed by atoms with Crippen molar-refractivity contribution in [1.82, 2.24) is 14.4 Å². The molecule has 3 aromatic rings. The number of sulfonamides is 1. The van der Waals surface area contributed by atoms with Gasteiger partial charge >= 0.3 is 0 Å². The summed E-state index contributed by atoms with van der Waals surface area (Å²) < 4.78 is 33.5. The van der Waals surface area contributed by atoms with Gasteiger partial charge in [-0.25, -0.2) is 8.42 Å². The van der Waals surface area contributed by atoms with Crippen LogP contribution in [0.3, 0.4) is 0 Å². The Morgan fingerprint density at radius 1 is 1.21 bits per heavy atom. The summed E-state index contributed by atoms with van der Waals surface area (Å²) in [6.45, 7) is 3.95. The Morgan fingerprint density at radius 3 is 2.76 bits per heavy atom. The summed E-state index contributed by atoms with van der Waals surface area (Å²) in [5.74, 6) is 0.158. The second kappa shape index (κ2) is 9.66. The standard InChI is InChI=1S/C23H26N4O4S2/c1-15-9-10-17(22-24-16(2)31-26-22)12-21(15)33(29,30)27-11-5-6-18(14-27)23(28)25-19-7-4-8-20(13-19)32-3/h4,7-10,12-13,18H,5-6,11,14H2,1-3H3,(H,25,28)/t18-/m0/s1. The first kappa shape index (κ1) is 23.5. The predicted octanol–water partition coefficient (Wildman–Crippen LogP) is 4.11. The molecule has 0 saturated carbocycles. The van der Waals surface area contributed by atoms with Crippen molar-refractivity contribution >= 4 is 33.4 Å². The topological polar surface area (TPSA) is 105 Å². The lowest BCUT2D eigenvalue weighted by Crippen LogP contribution is -2.43. The monoisotopic (exact) mass is 486 g/mol. The summed E-state index contributed by atoms with van der Waals surface area (Å²) in [4.78, 5) is 18.4. The highest BCUT2D eigenvalue weighted by Gasteiger charge is 2.34. The first-order valence-corrected chi connectivity index (χ1v) is 13.3. The molecule has 174 valence electrons. The molecule has 1 saturated heterocycles. The molecule has 33 heavy (non-hydrogen) atoms. The van der Waals surface area contributed by atoms with Crippen LogP contribution >= 0.6 is 11.8 Å². The van der Waals surface area contributed by atoms with Gasteiger partial charge in [-0.1, -0.05) is 23.4 Å². The zero-order valence-electron chi connectivity index (χ0n) is 18.7. The molecule has 0 radical (unpaired) electrons. The van der Waals surface area contributed by atoms with E-state index in [4.69, 9.17) is 4.52 Å². The van der Waals surface area contributed by atoms with E-state index in [0.717, 1.165) is 4.90 Å². The number of nitrogens with zero attached hydrogens (tertiary/aromatic N) is 3. The number of rotatable bonds is 6. The molecule has 10 heteroatoms. The van der Waals surface area contributed by atoms with Gasteiger partial charge in [0.15, 0.2) is 0 Å². The van der Waals surface area contributed by atoms with Crippen molar-refractivity contribution in [2.75, 3.05) is 24.7 Å². The predicted molar refractivity (Wildman–Crippen MR) is 128 cm³/mol. The lowest BCUT2D eigenvalue weighted by atomic mass is 9.99. The van der Waals surface area contributed by atoms with Crippen molar-refractivity contribution in [3.63, 3.8) is 0 Å². The van der Waals surface area contributed by atoms with E-state index in [1.165, 1.54) is 4.31 Å². The van der Waals surface area contributed by atoms with Crippen LogP contribution in [0.1, 0.15) is 24.3 Å². The number of carbonyl (C=O) groups excluding carboxylic acids is 1. The van der Waals surface area contributed by atoms with Crippen molar-refractivity contribution in [2.45, 2.75) is 36.5 Å². The Kier molecular flexibility index (Phi) is 6.87. The zero-order chi connectivity index (χ0) is 23.6. The normalized spacial score (nSPS) is 17.1. The SMILES string of the molecule is CSc1cccc(NC(=O)[C@H]2CCCN(S(=O)(=O)c3cc(-c4noc(C)n4)ccc3C)C2)c1. The largest absolute Gasteiger partial charge is 0.339 e. The van der Waals surface area contributed by atoms with Crippen molar-refractivity contribution in [3.05, 3.63) is 53.9 Å². The van der Waals surface area contributed by atoms with Gasteiger partial charge in [-0.15, -0.1) is 11.8 Å². The van der Waals surface area contributed by atoms with E-state index in [2.05, 4.69) is 15.5 Å². The Hall–Kier alpha value is -2.69. The molecule has 1 N–H and O–H groups in total. The third kappa shape index (κ3) is 5.13. The highest BCUT2D eigenvalue weighted by Crippen LogP contribution is 2.29. The number of aromatic nitrogens is 2. The summed E-state index contributed by atoms with van der Waals surface area (Å²) in [5.41, 5.74) is 1.90. The number of hydrogen-bond donors (Lipinski definition) is 1. The number of amides is 1. The second-order valence-corrected chi connectivity index (χ2v) is 10.8. The van der Waals surface area contributed by atoms with E-state index in [1.807, 2.05) is 30.5 Å². The minimum Gasteiger partial charge on any atom is -0.339 e. The Morgan fingerprint density at radius 2 is 2.03 bits per heavy atom. The van der Waals surface area contributed by atoms with E-state index in [9.17, 15) is 13.2 Å². The van der Waals surface area contributed by atoms with Crippen molar-refractivity contribution in [3.8, 4) is 11.4 Å². The summed E-state index contributed by atoms with van der Waals surface area (Å²) in [5, 5.41) is 6.83. The van der Waals surface area contributed by atoms with Gasteiger partial charge in [0.25, 0.3) is 0 Å². The molecule has 0 spiro atoms. The minimum atomic E-state index is -3.80. The maximum Gasteiger partial charge on any atom is 0.243 e. The highest BCUT2D eigenvalue weighted by molar-refractivity contribution is 7.98. The zero-order valence-corrected chi connectivity index (χ0v) is 20.4. The molecule has 2 aromatic carbocycles. The number of aryl methyl sites for hydroxylation is 2. The minimum absolute atomic E-state index is 0.140. The van der Waals surface area contributed by atoms with E-state index >= 15 is 0 Å². The quantitative estimate of drug-likeness (QED) is 0.523. The van der Waals surface area contributed by atoms with Gasteiger partial charge in [-0.2, -0.15) is 9.29 Å². The van der Waals surface area contributed by atoms with Gasteiger partial charge in [-0.3, -0.25) is 4.79 Å². The van der Waals surface area contributed by atoms with Gasteiger partial charge in [0.2, 0.25) is 27.6 Å². The van der Waals surface area contributed by atoms with Crippen LogP contribution in [-0.2, 0) is 14.8 Å². The summed E-state index contributed by atoms with van der Waals surface area (Å²) >= 11 is 1.60. The first-order chi connectivity index (χ1) is 15.8. The highest BCUT2D eigenvalue weighted by atomic mass is 32.2. The fourth-order valence-corrected chi connectivity index (χ4v) is 6.13. The van der Waals surface area contributed by atoms with Gasteiger partial charge in [-0.05, 0) is 55.9 Å². The molecular formula is C23H26N4O4S2. The third-order valence-electron chi connectivity index (χ3n) is 5.68. The molecule has 1 aliphatic rings. The molecule has 1 amide bonds. The average Bonchev–Trinajstić information content (AvgIpc) is 3.25. The number of anilines is 1. The Balaban J connectivity index is 1.54. The number of hydrogen-bond acceptors (Lipinski definition) is 7. The molecule has 0 unspecified atom stereocenters. The maximum absolute atomic E-state index is 13.5. The average molecular weight is 487 g/mol. The third-order valence-corrected chi connectivity index (χ3v) is 8.42. The molecule has 4 rings (SSSR count). The Bertz CT molecular complexity index is 1270. The second-order valence-electron chi connectivity index (χ2n) is 8.04. The number of thioether (sulfide) groups is 1. The van der Waals surface area contributed by atoms with E-state index < -0.39 is 15.9 Å². The first-order valence-electron chi connectivity index (χ1n) is 10.6. The lowest BCUT2D eigenvalue weighted by molar-refractivity contribution is -0.120. The van der Waals surface area contributed by atoms with Crippen molar-refractivity contribution in [1.29, 1.82) is 0 Å². The van der Waals surface area contributed by atoms with E-state index in [-0.39, 0.29) is 17.3 Å². The smallest absolute Gasteiger partial charge is 0.243 e. The Labute approximate surface area is 197 Å². The fraction of sp³-hybridized carbons (Fsp3) is 0.348. The van der Waals surface area contributed by atoms with Crippen molar-refractivity contribution in [2.24, 2.45) is 5.92 Å². The van der Waals surface area contributed by atoms with Crippen LogP contribution in [-0.4, -0.2) is 48.1 Å². The van der Waals surface area contributed by atoms with Crippen LogP contribution in [0.15, 0.2) is 56.8 Å². The van der Waals surface area contributed by atoms with Crippen LogP contribution in [0.2, 0.25) is 0 Å². The molecular weight excluding hydrogens is 460 g/mol. The molecule has 1 aliphatic heterocycles. The lowest BCUT2D eigenvalue weighted by Gasteiger charge is -2.31. The van der Waals surface area contributed by atoms with E-state index in [0.29, 0.717) is 47.9 Å². The molecule has 1 fully saturated rings. The van der Waals surface area contributed by atoms with Crippen molar-refractivity contribution < 1.29 is 17.7 Å². The molecule has 1 aromatic heterocycles. The molecule has 0 aliphatic carbocycles. The number of nitrogens with one attached hydrogen (secondary N) is 1. The molecule has 0 bridgehead atoms. The van der Waals surface area contributed by atoms with Gasteiger partial charge in [0, 0.05) is 36.2 Å². The van der Waals surface area contributed by atoms with Gasteiger partial charge < -0.3 is 9.84 Å². The number of carbonyl (C=O) groups is 1. The van der Waals surface area contributed by atoms with Crippen LogP contribution in [0, 0.1) is 19.8 Å². The van der Waals surface area contributed by atoms with Gasteiger partial charge in [0.1, 0.15) is 0 Å². The van der Waals surface area contributed by atoms with Crippen LogP contribution in [0.25, 0.3) is 11.4 Å². The van der Waals surface area contributed by atoms with Gasteiger partial charge in [0.05, 0.1) is 10.8 Å². The summed E-state index contributed by atoms with van der Waals surface area (Å²) in [6.07, 6.45) is 3.23. The van der Waals surface area contributed by atoms with Crippen LogP contribution < -0.4 is 5.32 Å². The fourth-order valence-electron chi connectivity index (χ4n) is 3.89. The summed E-state index contributed by atoms with van der Waals surface area (Å²) in [6, 6.07) is 12.7. The van der Waals surface area contributed by atoms with Crippen LogP contribution in [0.5, 0.6) is 0 Å². The molecule has 8 nitrogen and oxygen atoms in total. The summed E-state index contributed by atoms with van der Waals surface area (Å²) in [7, 11) is -3.80. The molecule has 2 heterocycles. The van der Waals surface area contributed by atoms with Crippen LogP contribution in [0.4, 0.5) is 5.69 Å². The number of benzene rings is 2. The maximum atomic E-state index is 13.5.